The van der Waals surface area contributed by atoms with Crippen LogP contribution >= 0.6 is 0 Å². The molecule has 0 spiro atoms. The minimum absolute atomic E-state index is 0.0754. The fraction of sp³-hybridized carbons (Fsp3) is 0.600. The molecular weight excluding hydrogens is 282 g/mol. The van der Waals surface area contributed by atoms with Gasteiger partial charge in [-0.25, -0.2) is 9.97 Å². The third kappa shape index (κ3) is 4.41. The van der Waals surface area contributed by atoms with Crippen LogP contribution in [-0.2, 0) is 0 Å². The first-order chi connectivity index (χ1) is 10.7. The molecule has 7 heteroatoms. The summed E-state index contributed by atoms with van der Waals surface area (Å²) in [5, 5.41) is 17.4. The highest BCUT2D eigenvalue weighted by Gasteiger charge is 2.22. The number of anilines is 2. The molecule has 7 nitrogen and oxygen atoms in total. The summed E-state index contributed by atoms with van der Waals surface area (Å²) < 4.78 is 0. The van der Waals surface area contributed by atoms with Gasteiger partial charge in [0.25, 0.3) is 0 Å². The number of nitrogens with one attached hydrogen (secondary N) is 2. The first kappa shape index (κ1) is 16.2. The van der Waals surface area contributed by atoms with Crippen molar-refractivity contribution in [2.45, 2.75) is 45.4 Å². The van der Waals surface area contributed by atoms with E-state index in [1.165, 1.54) is 24.7 Å². The van der Waals surface area contributed by atoms with Crippen LogP contribution in [0.2, 0.25) is 0 Å². The fourth-order valence-corrected chi connectivity index (χ4v) is 2.53. The van der Waals surface area contributed by atoms with Gasteiger partial charge in [0.2, 0.25) is 11.6 Å². The Balaban J connectivity index is 2.02. The van der Waals surface area contributed by atoms with Crippen molar-refractivity contribution >= 4 is 17.3 Å². The number of aromatic nitrogens is 2. The molecule has 120 valence electrons. The molecule has 0 radical (unpaired) electrons. The average Bonchev–Trinajstić information content (AvgIpc) is 2.53. The number of hydrogen-bond acceptors (Lipinski definition) is 6. The van der Waals surface area contributed by atoms with E-state index in [1.54, 1.807) is 0 Å². The van der Waals surface area contributed by atoms with Gasteiger partial charge in [-0.1, -0.05) is 18.6 Å². The van der Waals surface area contributed by atoms with E-state index in [-0.39, 0.29) is 17.3 Å². The zero-order chi connectivity index (χ0) is 15.8. The number of nitrogens with zero attached hydrogens (tertiary/aromatic N) is 3. The van der Waals surface area contributed by atoms with Gasteiger partial charge in [0.1, 0.15) is 6.33 Å². The van der Waals surface area contributed by atoms with E-state index in [0.717, 1.165) is 25.7 Å². The minimum atomic E-state index is -0.430. The molecule has 0 saturated carbocycles. The van der Waals surface area contributed by atoms with Crippen molar-refractivity contribution in [2.75, 3.05) is 23.7 Å². The molecule has 22 heavy (non-hydrogen) atoms. The average molecular weight is 305 g/mol. The molecular formula is C15H23N5O2. The molecule has 1 heterocycles. The van der Waals surface area contributed by atoms with Crippen LogP contribution in [0.3, 0.4) is 0 Å². The zero-order valence-electron chi connectivity index (χ0n) is 13.0. The SMILES string of the molecule is CCCNc1ncnc(NCCC2=CCCCC2)c1[N+](=O)[O-]. The molecule has 0 aliphatic heterocycles. The van der Waals surface area contributed by atoms with E-state index < -0.39 is 4.92 Å². The molecule has 0 amide bonds. The smallest absolute Gasteiger partial charge is 0.353 e. The molecule has 0 unspecified atom stereocenters. The highest BCUT2D eigenvalue weighted by atomic mass is 16.6. The highest BCUT2D eigenvalue weighted by Crippen LogP contribution is 2.29. The van der Waals surface area contributed by atoms with Crippen molar-refractivity contribution in [3.05, 3.63) is 28.1 Å². The lowest BCUT2D eigenvalue weighted by Crippen LogP contribution is -2.11. The fourth-order valence-electron chi connectivity index (χ4n) is 2.53. The van der Waals surface area contributed by atoms with Crippen molar-refractivity contribution in [3.8, 4) is 0 Å². The Morgan fingerprint density at radius 1 is 1.23 bits per heavy atom. The lowest BCUT2D eigenvalue weighted by molar-refractivity contribution is -0.383. The Morgan fingerprint density at radius 2 is 1.95 bits per heavy atom. The summed E-state index contributed by atoms with van der Waals surface area (Å²) in [4.78, 5) is 18.9. The van der Waals surface area contributed by atoms with Gasteiger partial charge in [-0.15, -0.1) is 0 Å². The number of nitro groups is 1. The summed E-state index contributed by atoms with van der Waals surface area (Å²) in [5.41, 5.74) is 1.35. The van der Waals surface area contributed by atoms with Gasteiger partial charge in [-0.05, 0) is 38.5 Å². The highest BCUT2D eigenvalue weighted by molar-refractivity contribution is 5.69. The third-order valence-corrected chi connectivity index (χ3v) is 3.67. The van der Waals surface area contributed by atoms with Crippen molar-refractivity contribution in [1.82, 2.24) is 9.97 Å². The number of hydrogen-bond donors (Lipinski definition) is 2. The molecule has 1 aliphatic carbocycles. The van der Waals surface area contributed by atoms with Crippen molar-refractivity contribution in [1.29, 1.82) is 0 Å². The molecule has 0 aromatic carbocycles. The van der Waals surface area contributed by atoms with E-state index in [9.17, 15) is 10.1 Å². The maximum absolute atomic E-state index is 11.3. The summed E-state index contributed by atoms with van der Waals surface area (Å²) in [6, 6.07) is 0. The van der Waals surface area contributed by atoms with Gasteiger partial charge in [0.15, 0.2) is 0 Å². The quantitative estimate of drug-likeness (QED) is 0.434. The molecule has 0 atom stereocenters. The predicted octanol–water partition coefficient (Wildman–Crippen LogP) is 3.51. The Hall–Kier alpha value is -2.18. The second kappa shape index (κ2) is 8.31. The largest absolute Gasteiger partial charge is 0.364 e. The maximum atomic E-state index is 11.3. The van der Waals surface area contributed by atoms with E-state index in [1.807, 2.05) is 6.92 Å². The Kier molecular flexibility index (Phi) is 6.12. The van der Waals surface area contributed by atoms with Crippen LogP contribution in [-0.4, -0.2) is 28.0 Å². The van der Waals surface area contributed by atoms with Crippen molar-refractivity contribution < 1.29 is 4.92 Å². The number of rotatable bonds is 8. The third-order valence-electron chi connectivity index (χ3n) is 3.67. The zero-order valence-corrected chi connectivity index (χ0v) is 13.0. The normalized spacial score (nSPS) is 14.3. The maximum Gasteiger partial charge on any atom is 0.353 e. The van der Waals surface area contributed by atoms with Crippen LogP contribution in [0.5, 0.6) is 0 Å². The Morgan fingerprint density at radius 3 is 2.55 bits per heavy atom. The van der Waals surface area contributed by atoms with Gasteiger partial charge in [-0.3, -0.25) is 10.1 Å². The van der Waals surface area contributed by atoms with Crippen LogP contribution in [0.25, 0.3) is 0 Å². The van der Waals surface area contributed by atoms with Crippen LogP contribution in [0.1, 0.15) is 45.4 Å². The topological polar surface area (TPSA) is 93.0 Å². The second-order valence-corrected chi connectivity index (χ2v) is 5.39. The lowest BCUT2D eigenvalue weighted by atomic mass is 9.97. The van der Waals surface area contributed by atoms with Gasteiger partial charge >= 0.3 is 5.69 Å². The summed E-state index contributed by atoms with van der Waals surface area (Å²) in [7, 11) is 0. The van der Waals surface area contributed by atoms with Crippen molar-refractivity contribution in [3.63, 3.8) is 0 Å². The molecule has 0 bridgehead atoms. The molecule has 2 rings (SSSR count). The molecule has 0 fully saturated rings. The minimum Gasteiger partial charge on any atom is -0.364 e. The van der Waals surface area contributed by atoms with Crippen LogP contribution < -0.4 is 10.6 Å². The second-order valence-electron chi connectivity index (χ2n) is 5.39. The summed E-state index contributed by atoms with van der Waals surface area (Å²) in [5.74, 6) is 0.566. The molecule has 1 aromatic rings. The van der Waals surface area contributed by atoms with E-state index in [2.05, 4.69) is 26.7 Å². The molecule has 0 saturated heterocycles. The lowest BCUT2D eigenvalue weighted by Gasteiger charge is -2.13. The predicted molar refractivity (Wildman–Crippen MR) is 87.1 cm³/mol. The first-order valence-corrected chi connectivity index (χ1v) is 7.87. The number of allylic oxidation sites excluding steroid dienone is 1. The van der Waals surface area contributed by atoms with Gasteiger partial charge in [0.05, 0.1) is 4.92 Å². The van der Waals surface area contributed by atoms with Crippen LogP contribution in [0.15, 0.2) is 18.0 Å². The summed E-state index contributed by atoms with van der Waals surface area (Å²) >= 11 is 0. The Bertz CT molecular complexity index is 545. The molecule has 1 aromatic heterocycles. The van der Waals surface area contributed by atoms with Gasteiger partial charge < -0.3 is 10.6 Å². The van der Waals surface area contributed by atoms with Gasteiger partial charge in [-0.2, -0.15) is 0 Å². The first-order valence-electron chi connectivity index (χ1n) is 7.87. The molecule has 2 N–H and O–H groups in total. The van der Waals surface area contributed by atoms with Crippen LogP contribution in [0.4, 0.5) is 17.3 Å². The van der Waals surface area contributed by atoms with E-state index >= 15 is 0 Å². The standard InChI is InChI=1S/C15H23N5O2/c1-2-9-16-14-13(20(21)22)15(19-11-18-14)17-10-8-12-6-4-3-5-7-12/h6,11H,2-5,7-10H2,1H3,(H2,16,17,18,19). The van der Waals surface area contributed by atoms with Crippen molar-refractivity contribution in [2.24, 2.45) is 0 Å². The monoisotopic (exact) mass is 305 g/mol. The molecule has 1 aliphatic rings. The van der Waals surface area contributed by atoms with E-state index in [4.69, 9.17) is 0 Å². The van der Waals surface area contributed by atoms with E-state index in [0.29, 0.717) is 13.1 Å². The summed E-state index contributed by atoms with van der Waals surface area (Å²) in [6.45, 7) is 3.29. The summed E-state index contributed by atoms with van der Waals surface area (Å²) in [6.07, 6.45) is 10.2. The Labute approximate surface area is 130 Å². The van der Waals surface area contributed by atoms with Gasteiger partial charge in [0, 0.05) is 13.1 Å². The van der Waals surface area contributed by atoms with Crippen LogP contribution in [0, 0.1) is 10.1 Å².